The van der Waals surface area contributed by atoms with Crippen LogP contribution in [0.25, 0.3) is 0 Å². The fraction of sp³-hybridized carbons (Fsp3) is 0.353. The summed E-state index contributed by atoms with van der Waals surface area (Å²) < 4.78 is 0. The van der Waals surface area contributed by atoms with Gasteiger partial charge >= 0.3 is 0 Å². The lowest BCUT2D eigenvalue weighted by Gasteiger charge is -2.14. The topological polar surface area (TPSA) is 33.1 Å². The normalized spacial score (nSPS) is 12.5. The van der Waals surface area contributed by atoms with Crippen LogP contribution in [0.3, 0.4) is 0 Å². The number of aromatic nitrogens is 1. The summed E-state index contributed by atoms with van der Waals surface area (Å²) in [7, 11) is 0. The molecule has 1 aromatic heterocycles. The van der Waals surface area contributed by atoms with Gasteiger partial charge < -0.3 is 5.11 Å². The number of nitrogens with zero attached hydrogens (tertiary/aromatic N) is 1. The van der Waals surface area contributed by atoms with Gasteiger partial charge in [-0.25, -0.2) is 0 Å². The van der Waals surface area contributed by atoms with Crippen molar-refractivity contribution in [2.75, 3.05) is 0 Å². The molecular formula is C17H21NO. The maximum atomic E-state index is 10.4. The molecule has 0 bridgehead atoms. The average molecular weight is 255 g/mol. The van der Waals surface area contributed by atoms with Gasteiger partial charge in [-0.3, -0.25) is 4.98 Å². The number of aliphatic hydroxyl groups is 1. The van der Waals surface area contributed by atoms with E-state index in [0.29, 0.717) is 6.42 Å². The minimum atomic E-state index is -0.471. The summed E-state index contributed by atoms with van der Waals surface area (Å²) >= 11 is 0. The maximum Gasteiger partial charge on any atom is 0.0831 e. The van der Waals surface area contributed by atoms with Crippen LogP contribution in [0.1, 0.15) is 39.7 Å². The van der Waals surface area contributed by atoms with Gasteiger partial charge in [0.15, 0.2) is 0 Å². The maximum absolute atomic E-state index is 10.4. The lowest BCUT2D eigenvalue weighted by Crippen LogP contribution is -2.05. The molecule has 0 radical (unpaired) electrons. The predicted octanol–water partition coefficient (Wildman–Crippen LogP) is 3.59. The quantitative estimate of drug-likeness (QED) is 0.909. The summed E-state index contributed by atoms with van der Waals surface area (Å²) in [5, 5.41) is 10.4. The molecule has 0 amide bonds. The number of hydrogen-bond donors (Lipinski definition) is 1. The Kier molecular flexibility index (Phi) is 4.01. The molecule has 2 heteroatoms. The minimum Gasteiger partial charge on any atom is -0.388 e. The van der Waals surface area contributed by atoms with Crippen LogP contribution < -0.4 is 0 Å². The van der Waals surface area contributed by atoms with Crippen LogP contribution in [0.15, 0.2) is 30.3 Å². The third-order valence-electron chi connectivity index (χ3n) is 3.41. The molecule has 1 atom stereocenters. The second kappa shape index (κ2) is 5.54. The smallest absolute Gasteiger partial charge is 0.0831 e. The van der Waals surface area contributed by atoms with Crippen LogP contribution in [-0.4, -0.2) is 10.1 Å². The summed E-state index contributed by atoms with van der Waals surface area (Å²) in [5.74, 6) is 0. The summed E-state index contributed by atoms with van der Waals surface area (Å²) in [6, 6.07) is 10.3. The molecule has 1 N–H and O–H groups in total. The first-order chi connectivity index (χ1) is 8.95. The van der Waals surface area contributed by atoms with Crippen molar-refractivity contribution in [3.63, 3.8) is 0 Å². The highest BCUT2D eigenvalue weighted by Gasteiger charge is 2.11. The van der Waals surface area contributed by atoms with E-state index in [-0.39, 0.29) is 0 Å². The molecule has 19 heavy (non-hydrogen) atoms. The number of rotatable bonds is 3. The van der Waals surface area contributed by atoms with Crippen LogP contribution in [-0.2, 0) is 6.42 Å². The second-order valence-corrected chi connectivity index (χ2v) is 5.33. The van der Waals surface area contributed by atoms with Gasteiger partial charge in [-0.1, -0.05) is 23.8 Å². The summed E-state index contributed by atoms with van der Waals surface area (Å²) in [6.45, 7) is 8.09. The number of hydrogen-bond acceptors (Lipinski definition) is 2. The zero-order valence-corrected chi connectivity index (χ0v) is 12.1. The van der Waals surface area contributed by atoms with Crippen molar-refractivity contribution in [3.05, 3.63) is 64.0 Å². The van der Waals surface area contributed by atoms with Crippen LogP contribution >= 0.6 is 0 Å². The van der Waals surface area contributed by atoms with Crippen LogP contribution in [0.5, 0.6) is 0 Å². The predicted molar refractivity (Wildman–Crippen MR) is 78.3 cm³/mol. The molecule has 0 aliphatic carbocycles. The fourth-order valence-corrected chi connectivity index (χ4v) is 2.41. The summed E-state index contributed by atoms with van der Waals surface area (Å²) in [4.78, 5) is 4.34. The minimum absolute atomic E-state index is 0.471. The highest BCUT2D eigenvalue weighted by molar-refractivity contribution is 5.32. The van der Waals surface area contributed by atoms with E-state index >= 15 is 0 Å². The molecule has 0 aliphatic rings. The molecule has 0 saturated carbocycles. The third-order valence-corrected chi connectivity index (χ3v) is 3.41. The first kappa shape index (κ1) is 13.8. The molecule has 0 saturated heterocycles. The van der Waals surface area contributed by atoms with E-state index in [0.717, 1.165) is 17.0 Å². The molecule has 2 aromatic rings. The zero-order chi connectivity index (χ0) is 14.0. The van der Waals surface area contributed by atoms with Crippen LogP contribution in [0.4, 0.5) is 0 Å². The van der Waals surface area contributed by atoms with E-state index in [1.165, 1.54) is 16.7 Å². The third kappa shape index (κ3) is 3.42. The van der Waals surface area contributed by atoms with Gasteiger partial charge in [-0.2, -0.15) is 0 Å². The Hall–Kier alpha value is -1.67. The van der Waals surface area contributed by atoms with Crippen molar-refractivity contribution in [2.24, 2.45) is 0 Å². The van der Waals surface area contributed by atoms with Crippen molar-refractivity contribution < 1.29 is 5.11 Å². The van der Waals surface area contributed by atoms with Gasteiger partial charge in [-0.15, -0.1) is 0 Å². The highest BCUT2D eigenvalue weighted by Crippen LogP contribution is 2.22. The number of aliphatic hydroxyl groups excluding tert-OH is 1. The van der Waals surface area contributed by atoms with Gasteiger partial charge in [0.2, 0.25) is 0 Å². The second-order valence-electron chi connectivity index (χ2n) is 5.33. The Morgan fingerprint density at radius 1 is 1.00 bits per heavy atom. The van der Waals surface area contributed by atoms with E-state index in [4.69, 9.17) is 0 Å². The zero-order valence-electron chi connectivity index (χ0n) is 12.1. The summed E-state index contributed by atoms with van der Waals surface area (Å²) in [5.41, 5.74) is 6.53. The van der Waals surface area contributed by atoms with Crippen molar-refractivity contribution >= 4 is 0 Å². The molecule has 2 nitrogen and oxygen atoms in total. The van der Waals surface area contributed by atoms with Gasteiger partial charge in [0.05, 0.1) is 6.10 Å². The average Bonchev–Trinajstić information content (AvgIpc) is 2.32. The molecule has 0 aliphatic heterocycles. The van der Waals surface area contributed by atoms with Crippen molar-refractivity contribution in [2.45, 2.75) is 40.2 Å². The van der Waals surface area contributed by atoms with Gasteiger partial charge in [0, 0.05) is 17.8 Å². The largest absolute Gasteiger partial charge is 0.388 e. The molecule has 0 spiro atoms. The van der Waals surface area contributed by atoms with E-state index in [1.54, 1.807) is 0 Å². The summed E-state index contributed by atoms with van der Waals surface area (Å²) in [6.07, 6.45) is 0.178. The van der Waals surface area contributed by atoms with E-state index in [2.05, 4.69) is 37.0 Å². The van der Waals surface area contributed by atoms with Crippen LogP contribution in [0.2, 0.25) is 0 Å². The lowest BCUT2D eigenvalue weighted by molar-refractivity contribution is 0.178. The molecule has 2 rings (SSSR count). The van der Waals surface area contributed by atoms with Gasteiger partial charge in [0.25, 0.3) is 0 Å². The molecule has 100 valence electrons. The molecule has 1 aromatic carbocycles. The van der Waals surface area contributed by atoms with Gasteiger partial charge in [-0.05, 0) is 56.5 Å². The molecule has 0 fully saturated rings. The molecular weight excluding hydrogens is 234 g/mol. The van der Waals surface area contributed by atoms with E-state index in [1.807, 2.05) is 26.0 Å². The fourth-order valence-electron chi connectivity index (χ4n) is 2.41. The number of pyridine rings is 1. The standard InChI is InChI=1S/C17H21NO/c1-11-5-6-12(2)15(7-11)10-17(19)16-8-13(3)18-14(4)9-16/h5-9,17,19H,10H2,1-4H3. The molecule has 1 heterocycles. The Balaban J connectivity index is 2.25. The monoisotopic (exact) mass is 255 g/mol. The Morgan fingerprint density at radius 3 is 2.26 bits per heavy atom. The van der Waals surface area contributed by atoms with Gasteiger partial charge in [0.1, 0.15) is 0 Å². The van der Waals surface area contributed by atoms with Crippen molar-refractivity contribution in [1.29, 1.82) is 0 Å². The van der Waals surface area contributed by atoms with Crippen molar-refractivity contribution in [1.82, 2.24) is 4.98 Å². The first-order valence-corrected chi connectivity index (χ1v) is 6.65. The lowest BCUT2D eigenvalue weighted by atomic mass is 9.96. The van der Waals surface area contributed by atoms with E-state index in [9.17, 15) is 5.11 Å². The number of benzene rings is 1. The van der Waals surface area contributed by atoms with E-state index < -0.39 is 6.10 Å². The Labute approximate surface area is 115 Å². The number of aryl methyl sites for hydroxylation is 4. The molecule has 1 unspecified atom stereocenters. The first-order valence-electron chi connectivity index (χ1n) is 6.65. The van der Waals surface area contributed by atoms with Crippen LogP contribution in [0, 0.1) is 27.7 Å². The highest BCUT2D eigenvalue weighted by atomic mass is 16.3. The Morgan fingerprint density at radius 2 is 1.63 bits per heavy atom. The SMILES string of the molecule is Cc1ccc(C)c(CC(O)c2cc(C)nc(C)c2)c1. The van der Waals surface area contributed by atoms with Crippen molar-refractivity contribution in [3.8, 4) is 0 Å². The Bertz CT molecular complexity index is 570.